The van der Waals surface area contributed by atoms with Gasteiger partial charge in [-0.25, -0.2) is 0 Å². The Morgan fingerprint density at radius 1 is 1.43 bits per heavy atom. The molecule has 1 amide bonds. The molecule has 0 spiro atoms. The van der Waals surface area contributed by atoms with Gasteiger partial charge in [0.05, 0.1) is 36.7 Å². The Bertz CT molecular complexity index is 513. The molecule has 0 bridgehead atoms. The molecular formula is C14H21N3O4. The summed E-state index contributed by atoms with van der Waals surface area (Å²) in [5.74, 6) is 0.373. The van der Waals surface area contributed by atoms with Crippen molar-refractivity contribution in [3.63, 3.8) is 0 Å². The van der Waals surface area contributed by atoms with Crippen LogP contribution in [0.15, 0.2) is 18.2 Å². The van der Waals surface area contributed by atoms with Gasteiger partial charge in [0.25, 0.3) is 0 Å². The molecule has 7 heteroatoms. The molecule has 21 heavy (non-hydrogen) atoms. The van der Waals surface area contributed by atoms with Gasteiger partial charge in [-0.05, 0) is 19.1 Å². The van der Waals surface area contributed by atoms with Crippen LogP contribution in [0.1, 0.15) is 6.92 Å². The molecule has 116 valence electrons. The minimum atomic E-state index is -0.814. The number of amides is 1. The lowest BCUT2D eigenvalue weighted by Crippen LogP contribution is -2.41. The largest absolute Gasteiger partial charge is 0.497 e. The van der Waals surface area contributed by atoms with Gasteiger partial charge in [-0.15, -0.1) is 0 Å². The Morgan fingerprint density at radius 2 is 2.05 bits per heavy atom. The first-order valence-electron chi connectivity index (χ1n) is 6.77. The van der Waals surface area contributed by atoms with Gasteiger partial charge >= 0.3 is 0 Å². The van der Waals surface area contributed by atoms with Crippen LogP contribution in [0.4, 0.5) is 11.4 Å². The molecule has 1 aromatic carbocycles. The summed E-state index contributed by atoms with van der Waals surface area (Å²) in [7, 11) is 1.54. The van der Waals surface area contributed by atoms with Gasteiger partial charge in [0.1, 0.15) is 5.75 Å². The summed E-state index contributed by atoms with van der Waals surface area (Å²) in [5, 5.41) is 21.8. The lowest BCUT2D eigenvalue weighted by atomic mass is 10.2. The molecule has 1 aromatic rings. The van der Waals surface area contributed by atoms with E-state index in [0.29, 0.717) is 17.1 Å². The Hall–Kier alpha value is -1.83. The number of carbonyl (C=O) groups excluding carboxylic acids is 1. The van der Waals surface area contributed by atoms with E-state index in [2.05, 4.69) is 5.32 Å². The maximum Gasteiger partial charge on any atom is 0.241 e. The highest BCUT2D eigenvalue weighted by atomic mass is 16.5. The second-order valence-electron chi connectivity index (χ2n) is 5.21. The number of likely N-dealkylation sites (tertiary alicyclic amines) is 1. The fraction of sp³-hybridized carbons (Fsp3) is 0.500. The van der Waals surface area contributed by atoms with Crippen molar-refractivity contribution >= 4 is 17.3 Å². The number of nitrogens with one attached hydrogen (secondary N) is 1. The summed E-state index contributed by atoms with van der Waals surface area (Å²) < 4.78 is 5.05. The van der Waals surface area contributed by atoms with Crippen LogP contribution in [0.25, 0.3) is 0 Å². The van der Waals surface area contributed by atoms with E-state index in [-0.39, 0.29) is 19.0 Å². The SMILES string of the molecule is COc1ccc(NC(=O)C(C)N2CC(O)C(O)C2)c(N)c1. The summed E-state index contributed by atoms with van der Waals surface area (Å²) in [5.41, 5.74) is 6.78. The van der Waals surface area contributed by atoms with Crippen molar-refractivity contribution in [2.45, 2.75) is 25.2 Å². The van der Waals surface area contributed by atoms with Crippen molar-refractivity contribution in [1.29, 1.82) is 0 Å². The third-order valence-corrected chi connectivity index (χ3v) is 3.73. The van der Waals surface area contributed by atoms with E-state index in [4.69, 9.17) is 10.5 Å². The average Bonchev–Trinajstić information content (AvgIpc) is 2.79. The highest BCUT2D eigenvalue weighted by Gasteiger charge is 2.34. The molecule has 1 aliphatic rings. The smallest absolute Gasteiger partial charge is 0.241 e. The van der Waals surface area contributed by atoms with E-state index in [1.54, 1.807) is 37.1 Å². The molecule has 1 aliphatic heterocycles. The number of ether oxygens (including phenoxy) is 1. The molecule has 0 aliphatic carbocycles. The van der Waals surface area contributed by atoms with Gasteiger partial charge in [0.15, 0.2) is 0 Å². The fourth-order valence-corrected chi connectivity index (χ4v) is 2.30. The number of benzene rings is 1. The summed E-state index contributed by atoms with van der Waals surface area (Å²) in [6.07, 6.45) is -1.63. The minimum absolute atomic E-state index is 0.242. The fourth-order valence-electron chi connectivity index (χ4n) is 2.30. The van der Waals surface area contributed by atoms with Crippen molar-refractivity contribution in [2.24, 2.45) is 0 Å². The summed E-state index contributed by atoms with van der Waals surface area (Å²) >= 11 is 0. The molecule has 7 nitrogen and oxygen atoms in total. The normalized spacial score (nSPS) is 23.8. The number of anilines is 2. The second-order valence-corrected chi connectivity index (χ2v) is 5.21. The van der Waals surface area contributed by atoms with Crippen LogP contribution >= 0.6 is 0 Å². The predicted molar refractivity (Wildman–Crippen MR) is 79.1 cm³/mol. The number of aliphatic hydroxyl groups excluding tert-OH is 2. The van der Waals surface area contributed by atoms with Crippen molar-refractivity contribution in [3.05, 3.63) is 18.2 Å². The van der Waals surface area contributed by atoms with E-state index in [0.717, 1.165) is 0 Å². The van der Waals surface area contributed by atoms with Crippen LogP contribution in [0.5, 0.6) is 5.75 Å². The zero-order valence-electron chi connectivity index (χ0n) is 12.1. The third-order valence-electron chi connectivity index (χ3n) is 3.73. The van der Waals surface area contributed by atoms with Gasteiger partial charge < -0.3 is 26.0 Å². The summed E-state index contributed by atoms with van der Waals surface area (Å²) in [6, 6.07) is 4.54. The lowest BCUT2D eigenvalue weighted by Gasteiger charge is -2.23. The van der Waals surface area contributed by atoms with Gasteiger partial charge in [-0.2, -0.15) is 0 Å². The van der Waals surface area contributed by atoms with Crippen molar-refractivity contribution < 1.29 is 19.7 Å². The zero-order chi connectivity index (χ0) is 15.6. The molecule has 0 saturated carbocycles. The van der Waals surface area contributed by atoms with Crippen molar-refractivity contribution in [3.8, 4) is 5.75 Å². The highest BCUT2D eigenvalue weighted by molar-refractivity contribution is 5.97. The standard InChI is InChI=1S/C14H21N3O4/c1-8(17-6-12(18)13(19)7-17)14(20)16-11-4-3-9(21-2)5-10(11)15/h3-5,8,12-13,18-19H,6-7,15H2,1-2H3,(H,16,20). The minimum Gasteiger partial charge on any atom is -0.497 e. The first kappa shape index (κ1) is 15.6. The number of nitrogen functional groups attached to an aromatic ring is 1. The first-order chi connectivity index (χ1) is 9.92. The van der Waals surface area contributed by atoms with E-state index in [1.807, 2.05) is 0 Å². The quantitative estimate of drug-likeness (QED) is 0.565. The second kappa shape index (κ2) is 6.30. The number of carbonyl (C=O) groups is 1. The first-order valence-corrected chi connectivity index (χ1v) is 6.77. The Labute approximate surface area is 123 Å². The monoisotopic (exact) mass is 295 g/mol. The Kier molecular flexibility index (Phi) is 4.66. The molecule has 3 unspecified atom stereocenters. The average molecular weight is 295 g/mol. The Morgan fingerprint density at radius 3 is 2.57 bits per heavy atom. The summed E-state index contributed by atoms with van der Waals surface area (Å²) in [6.45, 7) is 2.27. The number of aliphatic hydroxyl groups is 2. The number of β-amino-alcohol motifs (C(OH)–C–C–N with tert-alkyl or cyclic N) is 2. The highest BCUT2D eigenvalue weighted by Crippen LogP contribution is 2.24. The number of rotatable bonds is 4. The number of nitrogens with two attached hydrogens (primary N) is 1. The molecule has 1 heterocycles. The summed E-state index contributed by atoms with van der Waals surface area (Å²) in [4.78, 5) is 13.9. The molecule has 0 radical (unpaired) electrons. The van der Waals surface area contributed by atoms with E-state index >= 15 is 0 Å². The van der Waals surface area contributed by atoms with Crippen LogP contribution in [0, 0.1) is 0 Å². The van der Waals surface area contributed by atoms with Crippen LogP contribution in [-0.4, -0.2) is 59.5 Å². The van der Waals surface area contributed by atoms with Gasteiger partial charge in [-0.3, -0.25) is 9.69 Å². The molecule has 2 rings (SSSR count). The molecular weight excluding hydrogens is 274 g/mol. The van der Waals surface area contributed by atoms with Crippen molar-refractivity contribution in [2.75, 3.05) is 31.2 Å². The Balaban J connectivity index is 2.01. The maximum atomic E-state index is 12.2. The van der Waals surface area contributed by atoms with Gasteiger partial charge in [0.2, 0.25) is 5.91 Å². The predicted octanol–water partition coefficient (Wildman–Crippen LogP) is -0.358. The number of methoxy groups -OCH3 is 1. The van der Waals surface area contributed by atoms with Crippen LogP contribution < -0.4 is 15.8 Å². The molecule has 0 aromatic heterocycles. The third kappa shape index (κ3) is 3.44. The van der Waals surface area contributed by atoms with E-state index in [9.17, 15) is 15.0 Å². The zero-order valence-corrected chi connectivity index (χ0v) is 12.1. The van der Waals surface area contributed by atoms with Crippen LogP contribution in [0.3, 0.4) is 0 Å². The van der Waals surface area contributed by atoms with Gasteiger partial charge in [0, 0.05) is 19.2 Å². The van der Waals surface area contributed by atoms with Crippen LogP contribution in [-0.2, 0) is 4.79 Å². The lowest BCUT2D eigenvalue weighted by molar-refractivity contribution is -0.120. The van der Waals surface area contributed by atoms with E-state index < -0.39 is 18.2 Å². The maximum absolute atomic E-state index is 12.2. The van der Waals surface area contributed by atoms with Crippen molar-refractivity contribution in [1.82, 2.24) is 4.90 Å². The van der Waals surface area contributed by atoms with E-state index in [1.165, 1.54) is 0 Å². The van der Waals surface area contributed by atoms with Gasteiger partial charge in [-0.1, -0.05) is 0 Å². The topological polar surface area (TPSA) is 108 Å². The molecule has 3 atom stereocenters. The number of nitrogens with zero attached hydrogens (tertiary/aromatic N) is 1. The number of hydrogen-bond acceptors (Lipinski definition) is 6. The molecule has 5 N–H and O–H groups in total. The molecule has 1 saturated heterocycles. The number of hydrogen-bond donors (Lipinski definition) is 4. The molecule has 1 fully saturated rings. The van der Waals surface area contributed by atoms with Crippen LogP contribution in [0.2, 0.25) is 0 Å².